The van der Waals surface area contributed by atoms with E-state index in [0.29, 0.717) is 27.7 Å². The highest BCUT2D eigenvalue weighted by atomic mass is 35.5. The van der Waals surface area contributed by atoms with E-state index in [4.69, 9.17) is 38.8 Å². The number of carboxylic acid groups (broad SMARTS) is 1. The number of ether oxygens (including phenoxy) is 1. The number of nitrogen functional groups attached to an aromatic ring is 1. The van der Waals surface area contributed by atoms with E-state index in [1.165, 1.54) is 18.3 Å². The molecule has 3 aromatic rings. The summed E-state index contributed by atoms with van der Waals surface area (Å²) in [6, 6.07) is 11.7. The molecule has 8 heteroatoms. The van der Waals surface area contributed by atoms with Crippen LogP contribution in [0.25, 0.3) is 11.3 Å². The minimum atomic E-state index is -1.02. The first-order valence-electron chi connectivity index (χ1n) is 7.97. The summed E-state index contributed by atoms with van der Waals surface area (Å²) in [7, 11) is 0. The smallest absolute Gasteiger partial charge is 0.335 e. The van der Waals surface area contributed by atoms with E-state index >= 15 is 0 Å². The lowest BCUT2D eigenvalue weighted by atomic mass is 10.1. The first-order chi connectivity index (χ1) is 13.0. The molecule has 0 saturated heterocycles. The van der Waals surface area contributed by atoms with Crippen LogP contribution < -0.4 is 10.5 Å². The Hall–Kier alpha value is -2.83. The van der Waals surface area contributed by atoms with Crippen LogP contribution in [-0.4, -0.2) is 27.7 Å². The molecule has 0 atom stereocenters. The molecular weight excluding hydrogens is 389 g/mol. The summed E-state index contributed by atoms with van der Waals surface area (Å²) in [6.45, 7) is 0.251. The van der Waals surface area contributed by atoms with E-state index in [1.807, 2.05) is 0 Å². The number of benzene rings is 2. The van der Waals surface area contributed by atoms with Crippen LogP contribution in [0.1, 0.15) is 15.9 Å². The van der Waals surface area contributed by atoms with Crippen molar-refractivity contribution in [1.29, 1.82) is 0 Å². The summed E-state index contributed by atoms with van der Waals surface area (Å²) in [6.07, 6.45) is 1.94. The first kappa shape index (κ1) is 18.9. The van der Waals surface area contributed by atoms with Crippen molar-refractivity contribution in [3.8, 4) is 17.1 Å². The van der Waals surface area contributed by atoms with E-state index in [1.54, 1.807) is 30.3 Å². The monoisotopic (exact) mass is 403 g/mol. The summed E-state index contributed by atoms with van der Waals surface area (Å²) < 4.78 is 5.66. The Bertz CT molecular complexity index is 975. The topological polar surface area (TPSA) is 98.3 Å². The van der Waals surface area contributed by atoms with Crippen LogP contribution in [-0.2, 0) is 6.42 Å². The molecule has 1 aromatic heterocycles. The van der Waals surface area contributed by atoms with Crippen molar-refractivity contribution in [3.05, 3.63) is 69.8 Å². The number of nitrogens with zero attached hydrogens (tertiary/aromatic N) is 2. The van der Waals surface area contributed by atoms with Crippen LogP contribution in [0.15, 0.2) is 48.7 Å². The van der Waals surface area contributed by atoms with Gasteiger partial charge in [0.05, 0.1) is 24.1 Å². The Kier molecular flexibility index (Phi) is 5.78. The number of nitrogens with two attached hydrogens (primary N) is 1. The highest BCUT2D eigenvalue weighted by Gasteiger charge is 2.11. The van der Waals surface area contributed by atoms with E-state index in [9.17, 15) is 4.79 Å². The van der Waals surface area contributed by atoms with Crippen molar-refractivity contribution < 1.29 is 14.6 Å². The molecule has 0 saturated carbocycles. The van der Waals surface area contributed by atoms with Gasteiger partial charge < -0.3 is 15.6 Å². The van der Waals surface area contributed by atoms with E-state index in [-0.39, 0.29) is 23.9 Å². The molecule has 0 radical (unpaired) electrons. The van der Waals surface area contributed by atoms with Crippen LogP contribution >= 0.6 is 23.2 Å². The SMILES string of the molecule is Nc1ncc(-c2cccc(C(=O)O)c2)nc1OCCc1c(Cl)cccc1Cl. The highest BCUT2D eigenvalue weighted by Crippen LogP contribution is 2.26. The second kappa shape index (κ2) is 8.24. The Morgan fingerprint density at radius 2 is 1.85 bits per heavy atom. The number of aromatic nitrogens is 2. The van der Waals surface area contributed by atoms with Gasteiger partial charge in [-0.05, 0) is 29.8 Å². The van der Waals surface area contributed by atoms with Gasteiger partial charge in [-0.1, -0.05) is 41.4 Å². The zero-order valence-electron chi connectivity index (χ0n) is 14.0. The van der Waals surface area contributed by atoms with Crippen LogP contribution in [0.3, 0.4) is 0 Å². The van der Waals surface area contributed by atoms with Gasteiger partial charge in [0.25, 0.3) is 5.88 Å². The van der Waals surface area contributed by atoms with Crippen molar-refractivity contribution in [3.63, 3.8) is 0 Å². The van der Waals surface area contributed by atoms with Gasteiger partial charge in [-0.2, -0.15) is 0 Å². The Morgan fingerprint density at radius 1 is 1.15 bits per heavy atom. The second-order valence-corrected chi connectivity index (χ2v) is 6.44. The fourth-order valence-corrected chi connectivity index (χ4v) is 3.05. The van der Waals surface area contributed by atoms with Crippen molar-refractivity contribution >= 4 is 35.0 Å². The Balaban J connectivity index is 1.78. The number of carboxylic acids is 1. The van der Waals surface area contributed by atoms with E-state index < -0.39 is 5.97 Å². The maximum Gasteiger partial charge on any atom is 0.335 e. The quantitative estimate of drug-likeness (QED) is 0.634. The molecule has 0 spiro atoms. The Morgan fingerprint density at radius 3 is 2.56 bits per heavy atom. The normalized spacial score (nSPS) is 10.6. The molecule has 2 aromatic carbocycles. The molecule has 3 N–H and O–H groups in total. The molecule has 27 heavy (non-hydrogen) atoms. The summed E-state index contributed by atoms with van der Waals surface area (Å²) >= 11 is 12.3. The standard InChI is InChI=1S/C19H15Cl2N3O3/c20-14-5-2-6-15(21)13(14)7-8-27-18-17(22)23-10-16(24-18)11-3-1-4-12(9-11)19(25)26/h1-6,9-10H,7-8H2,(H2,22,23)(H,25,26). The maximum absolute atomic E-state index is 11.1. The average molecular weight is 404 g/mol. The third kappa shape index (κ3) is 4.48. The van der Waals surface area contributed by atoms with Gasteiger partial charge in [-0.15, -0.1) is 0 Å². The molecule has 0 aliphatic carbocycles. The van der Waals surface area contributed by atoms with Gasteiger partial charge >= 0.3 is 5.97 Å². The van der Waals surface area contributed by atoms with Gasteiger partial charge in [-0.3, -0.25) is 0 Å². The van der Waals surface area contributed by atoms with E-state index in [0.717, 1.165) is 5.56 Å². The lowest BCUT2D eigenvalue weighted by molar-refractivity contribution is 0.0697. The van der Waals surface area contributed by atoms with E-state index in [2.05, 4.69) is 9.97 Å². The lowest BCUT2D eigenvalue weighted by Gasteiger charge is -2.11. The van der Waals surface area contributed by atoms with Gasteiger partial charge in [0.1, 0.15) is 0 Å². The molecule has 1 heterocycles. The third-order valence-corrected chi connectivity index (χ3v) is 4.53. The van der Waals surface area contributed by atoms with Gasteiger partial charge in [0.2, 0.25) is 0 Å². The highest BCUT2D eigenvalue weighted by molar-refractivity contribution is 6.35. The minimum absolute atomic E-state index is 0.137. The summed E-state index contributed by atoms with van der Waals surface area (Å²) in [5.41, 5.74) is 7.83. The second-order valence-electron chi connectivity index (χ2n) is 5.63. The molecule has 0 fully saturated rings. The minimum Gasteiger partial charge on any atom is -0.478 e. The van der Waals surface area contributed by atoms with Gasteiger partial charge in [-0.25, -0.2) is 14.8 Å². The number of carbonyl (C=O) groups is 1. The fourth-order valence-electron chi connectivity index (χ4n) is 2.46. The predicted octanol–water partition coefficient (Wildman–Crippen LogP) is 4.35. The molecule has 138 valence electrons. The van der Waals surface area contributed by atoms with Crippen molar-refractivity contribution in [2.24, 2.45) is 0 Å². The fraction of sp³-hybridized carbons (Fsp3) is 0.105. The molecule has 0 bridgehead atoms. The molecule has 0 aliphatic heterocycles. The average Bonchev–Trinajstić information content (AvgIpc) is 2.65. The number of anilines is 1. The summed E-state index contributed by atoms with van der Waals surface area (Å²) in [4.78, 5) is 19.6. The number of halogens is 2. The van der Waals surface area contributed by atoms with Gasteiger partial charge in [0.15, 0.2) is 5.82 Å². The van der Waals surface area contributed by atoms with Crippen molar-refractivity contribution in [1.82, 2.24) is 9.97 Å². The molecule has 0 aliphatic rings. The first-order valence-corrected chi connectivity index (χ1v) is 8.73. The number of aromatic carboxylic acids is 1. The van der Waals surface area contributed by atoms with Crippen LogP contribution in [0.4, 0.5) is 5.82 Å². The summed E-state index contributed by atoms with van der Waals surface area (Å²) in [5.74, 6) is -0.719. The van der Waals surface area contributed by atoms with Crippen LogP contribution in [0, 0.1) is 0 Å². The molecule has 6 nitrogen and oxygen atoms in total. The molecular formula is C19H15Cl2N3O3. The largest absolute Gasteiger partial charge is 0.478 e. The zero-order valence-corrected chi connectivity index (χ0v) is 15.5. The van der Waals surface area contributed by atoms with Crippen molar-refractivity contribution in [2.45, 2.75) is 6.42 Å². The van der Waals surface area contributed by atoms with Crippen LogP contribution in [0.2, 0.25) is 10.0 Å². The van der Waals surface area contributed by atoms with Crippen molar-refractivity contribution in [2.75, 3.05) is 12.3 Å². The van der Waals surface area contributed by atoms with Gasteiger partial charge in [0, 0.05) is 22.0 Å². The maximum atomic E-state index is 11.1. The number of hydrogen-bond acceptors (Lipinski definition) is 5. The molecule has 3 rings (SSSR count). The molecule has 0 amide bonds. The number of rotatable bonds is 6. The zero-order chi connectivity index (χ0) is 19.4. The molecule has 0 unspecified atom stereocenters. The lowest BCUT2D eigenvalue weighted by Crippen LogP contribution is -2.07. The number of hydrogen-bond donors (Lipinski definition) is 2. The third-order valence-electron chi connectivity index (χ3n) is 3.82. The predicted molar refractivity (Wildman–Crippen MR) is 105 cm³/mol. The Labute approximate surface area is 165 Å². The van der Waals surface area contributed by atoms with Crippen LogP contribution in [0.5, 0.6) is 5.88 Å². The summed E-state index contributed by atoms with van der Waals surface area (Å²) in [5, 5.41) is 10.2.